The molecule has 4 rings (SSSR count). The number of imidazole rings is 1. The molecule has 4 nitrogen and oxygen atoms in total. The summed E-state index contributed by atoms with van der Waals surface area (Å²) in [6.07, 6.45) is 4.50. The van der Waals surface area contributed by atoms with Crippen LogP contribution in [0, 0.1) is 6.92 Å². The maximum absolute atomic E-state index is 4.76. The lowest BCUT2D eigenvalue weighted by atomic mass is 10.3. The van der Waals surface area contributed by atoms with Crippen LogP contribution in [-0.2, 0) is 12.8 Å². The van der Waals surface area contributed by atoms with E-state index in [0.29, 0.717) is 0 Å². The van der Waals surface area contributed by atoms with Crippen molar-refractivity contribution in [2.75, 3.05) is 18.0 Å². The van der Waals surface area contributed by atoms with Crippen LogP contribution in [-0.4, -0.2) is 28.0 Å². The zero-order valence-electron chi connectivity index (χ0n) is 12.8. The van der Waals surface area contributed by atoms with E-state index < -0.39 is 0 Å². The number of fused-ring (bicyclic) bond motifs is 1. The molecule has 0 aliphatic carbocycles. The van der Waals surface area contributed by atoms with Gasteiger partial charge in [0.15, 0.2) is 0 Å². The number of aryl methyl sites for hydroxylation is 3. The topological polar surface area (TPSA) is 44.8 Å². The van der Waals surface area contributed by atoms with Crippen LogP contribution in [0.2, 0.25) is 0 Å². The number of rotatable bonds is 4. The molecule has 0 amide bonds. The van der Waals surface area contributed by atoms with Gasteiger partial charge in [-0.1, -0.05) is 12.1 Å². The third-order valence-corrected chi connectivity index (χ3v) is 5.50. The van der Waals surface area contributed by atoms with Crippen LogP contribution in [0.5, 0.6) is 0 Å². The van der Waals surface area contributed by atoms with Gasteiger partial charge in [0.05, 0.1) is 21.7 Å². The Morgan fingerprint density at radius 1 is 1.14 bits per heavy atom. The predicted octanol–water partition coefficient (Wildman–Crippen LogP) is 3.71. The SMILES string of the molecule is Cc1nc(CCc2nc3ccccc3[nH]2)sc1N1CCCC1. The number of hydrogen-bond donors (Lipinski definition) is 1. The Kier molecular flexibility index (Phi) is 3.58. The van der Waals surface area contributed by atoms with Gasteiger partial charge in [0, 0.05) is 25.9 Å². The van der Waals surface area contributed by atoms with Gasteiger partial charge in [-0.15, -0.1) is 11.3 Å². The molecule has 22 heavy (non-hydrogen) atoms. The molecule has 1 saturated heterocycles. The largest absolute Gasteiger partial charge is 0.362 e. The first-order valence-electron chi connectivity index (χ1n) is 7.94. The summed E-state index contributed by atoms with van der Waals surface area (Å²) in [5.41, 5.74) is 3.35. The quantitative estimate of drug-likeness (QED) is 0.798. The average Bonchev–Trinajstić information content (AvgIpc) is 3.23. The Balaban J connectivity index is 1.48. The molecule has 1 aromatic carbocycles. The highest BCUT2D eigenvalue weighted by Gasteiger charge is 2.18. The molecule has 3 aromatic rings. The molecule has 1 aliphatic heterocycles. The number of H-pyrrole nitrogens is 1. The summed E-state index contributed by atoms with van der Waals surface area (Å²) in [6, 6.07) is 8.19. The molecule has 0 unspecified atom stereocenters. The minimum atomic E-state index is 0.918. The minimum Gasteiger partial charge on any atom is -0.362 e. The average molecular weight is 312 g/mol. The fraction of sp³-hybridized carbons (Fsp3) is 0.412. The van der Waals surface area contributed by atoms with Gasteiger partial charge in [0.2, 0.25) is 0 Å². The number of nitrogens with zero attached hydrogens (tertiary/aromatic N) is 3. The maximum atomic E-state index is 4.76. The lowest BCUT2D eigenvalue weighted by Gasteiger charge is -2.14. The van der Waals surface area contributed by atoms with E-state index in [9.17, 15) is 0 Å². The summed E-state index contributed by atoms with van der Waals surface area (Å²) in [7, 11) is 0. The molecule has 114 valence electrons. The van der Waals surface area contributed by atoms with Crippen molar-refractivity contribution in [1.29, 1.82) is 0 Å². The summed E-state index contributed by atoms with van der Waals surface area (Å²) >= 11 is 1.86. The van der Waals surface area contributed by atoms with Crippen molar-refractivity contribution in [2.24, 2.45) is 0 Å². The normalized spacial score (nSPS) is 15.0. The van der Waals surface area contributed by atoms with Gasteiger partial charge in [-0.2, -0.15) is 0 Å². The van der Waals surface area contributed by atoms with Crippen molar-refractivity contribution in [1.82, 2.24) is 15.0 Å². The van der Waals surface area contributed by atoms with Crippen molar-refractivity contribution in [3.8, 4) is 0 Å². The van der Waals surface area contributed by atoms with Crippen molar-refractivity contribution in [3.63, 3.8) is 0 Å². The predicted molar refractivity (Wildman–Crippen MR) is 91.8 cm³/mol. The standard InChI is InChI=1S/C17H20N4S/c1-12-17(21-10-4-5-11-21)22-16(18-12)9-8-15-19-13-6-2-3-7-14(13)20-15/h2-3,6-7H,4-5,8-11H2,1H3,(H,19,20). The van der Waals surface area contributed by atoms with Gasteiger partial charge in [-0.25, -0.2) is 9.97 Å². The smallest absolute Gasteiger partial charge is 0.114 e. The molecule has 2 aromatic heterocycles. The van der Waals surface area contributed by atoms with Gasteiger partial charge in [0.1, 0.15) is 10.8 Å². The van der Waals surface area contributed by atoms with E-state index in [4.69, 9.17) is 4.98 Å². The summed E-state index contributed by atoms with van der Waals surface area (Å²) in [4.78, 5) is 15.3. The van der Waals surface area contributed by atoms with Crippen LogP contribution >= 0.6 is 11.3 Å². The zero-order chi connectivity index (χ0) is 14.9. The molecular weight excluding hydrogens is 292 g/mol. The van der Waals surface area contributed by atoms with Gasteiger partial charge < -0.3 is 9.88 Å². The van der Waals surface area contributed by atoms with Crippen molar-refractivity contribution in [3.05, 3.63) is 40.8 Å². The van der Waals surface area contributed by atoms with Crippen molar-refractivity contribution < 1.29 is 0 Å². The third kappa shape index (κ3) is 2.61. The van der Waals surface area contributed by atoms with Crippen LogP contribution in [0.25, 0.3) is 11.0 Å². The highest BCUT2D eigenvalue weighted by atomic mass is 32.1. The molecule has 1 fully saturated rings. The zero-order valence-corrected chi connectivity index (χ0v) is 13.6. The lowest BCUT2D eigenvalue weighted by molar-refractivity contribution is 0.876. The van der Waals surface area contributed by atoms with Crippen molar-refractivity contribution >= 4 is 27.4 Å². The molecule has 5 heteroatoms. The van der Waals surface area contributed by atoms with E-state index in [2.05, 4.69) is 27.9 Å². The Morgan fingerprint density at radius 2 is 1.95 bits per heavy atom. The summed E-state index contributed by atoms with van der Waals surface area (Å²) in [5, 5.41) is 2.59. The van der Waals surface area contributed by atoms with E-state index in [-0.39, 0.29) is 0 Å². The molecule has 3 heterocycles. The monoisotopic (exact) mass is 312 g/mol. The van der Waals surface area contributed by atoms with E-state index >= 15 is 0 Å². The first-order chi connectivity index (χ1) is 10.8. The third-order valence-electron chi connectivity index (χ3n) is 4.22. The van der Waals surface area contributed by atoms with Crippen LogP contribution in [0.3, 0.4) is 0 Å². The van der Waals surface area contributed by atoms with Gasteiger partial charge in [0.25, 0.3) is 0 Å². The number of aromatic amines is 1. The summed E-state index contributed by atoms with van der Waals surface area (Å²) in [6.45, 7) is 4.51. The second kappa shape index (κ2) is 5.72. The highest BCUT2D eigenvalue weighted by molar-refractivity contribution is 7.15. The van der Waals surface area contributed by atoms with E-state index in [1.807, 2.05) is 29.5 Å². The Morgan fingerprint density at radius 3 is 2.77 bits per heavy atom. The number of anilines is 1. The molecule has 1 N–H and O–H groups in total. The minimum absolute atomic E-state index is 0.918. The van der Waals surface area contributed by atoms with E-state index in [1.54, 1.807) is 0 Å². The highest BCUT2D eigenvalue weighted by Crippen LogP contribution is 2.31. The van der Waals surface area contributed by atoms with Crippen molar-refractivity contribution in [2.45, 2.75) is 32.6 Å². The van der Waals surface area contributed by atoms with Crippen LogP contribution in [0.4, 0.5) is 5.00 Å². The molecule has 0 atom stereocenters. The number of aromatic nitrogens is 3. The van der Waals surface area contributed by atoms with Crippen LogP contribution in [0.15, 0.2) is 24.3 Å². The number of para-hydroxylation sites is 2. The van der Waals surface area contributed by atoms with Crippen LogP contribution < -0.4 is 4.90 Å². The number of benzene rings is 1. The van der Waals surface area contributed by atoms with Crippen LogP contribution in [0.1, 0.15) is 29.4 Å². The molecule has 0 saturated carbocycles. The summed E-state index contributed by atoms with van der Waals surface area (Å²) in [5.74, 6) is 1.05. The Labute approximate surface area is 134 Å². The molecular formula is C17H20N4S. The summed E-state index contributed by atoms with van der Waals surface area (Å²) < 4.78 is 0. The Hall–Kier alpha value is -1.88. The lowest BCUT2D eigenvalue weighted by Crippen LogP contribution is -2.16. The Bertz CT molecular complexity index is 750. The van der Waals surface area contributed by atoms with Gasteiger partial charge >= 0.3 is 0 Å². The van der Waals surface area contributed by atoms with Gasteiger partial charge in [-0.05, 0) is 31.9 Å². The first kappa shape index (κ1) is 13.8. The van der Waals surface area contributed by atoms with Gasteiger partial charge in [-0.3, -0.25) is 0 Å². The van der Waals surface area contributed by atoms with E-state index in [0.717, 1.165) is 29.7 Å². The molecule has 0 radical (unpaired) electrons. The fourth-order valence-electron chi connectivity index (χ4n) is 3.11. The number of nitrogens with one attached hydrogen (secondary N) is 1. The second-order valence-electron chi connectivity index (χ2n) is 5.89. The molecule has 0 spiro atoms. The number of hydrogen-bond acceptors (Lipinski definition) is 4. The van der Waals surface area contributed by atoms with E-state index in [1.165, 1.54) is 41.6 Å². The second-order valence-corrected chi connectivity index (χ2v) is 6.96. The fourth-order valence-corrected chi connectivity index (χ4v) is 4.23. The number of thiazole rings is 1. The maximum Gasteiger partial charge on any atom is 0.114 e. The first-order valence-corrected chi connectivity index (χ1v) is 8.76. The molecule has 0 bridgehead atoms. The molecule has 1 aliphatic rings.